The number of urea groups is 1. The Morgan fingerprint density at radius 3 is 2.42 bits per heavy atom. The third-order valence-corrected chi connectivity index (χ3v) is 5.75. The predicted molar refractivity (Wildman–Crippen MR) is 150 cm³/mol. The number of benzene rings is 2. The standard InChI is InChI=1S/C29H31FN6O4/c1-5-39-28(37)19-6-8-21(9-7-19)36-27(16-26(35-36)18(2)3)34-29(38)33-25-11-10-22(15-24(25)30)40-23-12-13-32-20(14-23)17-31-4/h6-16,18,31H,5,17H2,1-4H3,(H2,33,34,38). The van der Waals surface area contributed by atoms with Gasteiger partial charge < -0.3 is 20.1 Å². The van der Waals surface area contributed by atoms with Crippen LogP contribution in [-0.4, -0.2) is 40.4 Å². The molecule has 0 spiro atoms. The van der Waals surface area contributed by atoms with Crippen molar-refractivity contribution in [3.8, 4) is 17.2 Å². The Hall–Kier alpha value is -4.77. The number of nitrogens with one attached hydrogen (secondary N) is 3. The summed E-state index contributed by atoms with van der Waals surface area (Å²) in [5, 5.41) is 12.9. The van der Waals surface area contributed by atoms with Gasteiger partial charge in [-0.15, -0.1) is 0 Å². The van der Waals surface area contributed by atoms with Gasteiger partial charge in [0, 0.05) is 30.9 Å². The number of ether oxygens (including phenoxy) is 2. The van der Waals surface area contributed by atoms with Gasteiger partial charge in [0.2, 0.25) is 0 Å². The fraction of sp³-hybridized carbons (Fsp3) is 0.241. The maximum atomic E-state index is 14.9. The van der Waals surface area contributed by atoms with Gasteiger partial charge in [0.1, 0.15) is 23.1 Å². The number of pyridine rings is 1. The van der Waals surface area contributed by atoms with Crippen LogP contribution in [0.4, 0.5) is 20.7 Å². The monoisotopic (exact) mass is 546 g/mol. The zero-order valence-corrected chi connectivity index (χ0v) is 22.7. The summed E-state index contributed by atoms with van der Waals surface area (Å²) in [5.74, 6) is 0.165. The fourth-order valence-electron chi connectivity index (χ4n) is 3.78. The number of nitrogens with zero attached hydrogens (tertiary/aromatic N) is 3. The van der Waals surface area contributed by atoms with Gasteiger partial charge in [-0.1, -0.05) is 13.8 Å². The Bertz CT molecular complexity index is 1490. The molecule has 4 aromatic rings. The van der Waals surface area contributed by atoms with Gasteiger partial charge in [-0.3, -0.25) is 10.3 Å². The number of anilines is 2. The van der Waals surface area contributed by atoms with E-state index in [1.807, 2.05) is 20.9 Å². The van der Waals surface area contributed by atoms with Crippen molar-refractivity contribution in [3.05, 3.63) is 89.6 Å². The molecule has 0 aliphatic rings. The van der Waals surface area contributed by atoms with Crippen LogP contribution in [0, 0.1) is 5.82 Å². The lowest BCUT2D eigenvalue weighted by atomic mass is 10.1. The second-order valence-corrected chi connectivity index (χ2v) is 9.12. The van der Waals surface area contributed by atoms with E-state index >= 15 is 0 Å². The number of amides is 2. The molecular formula is C29H31FN6O4. The normalized spacial score (nSPS) is 10.8. The maximum Gasteiger partial charge on any atom is 0.338 e. The van der Waals surface area contributed by atoms with Gasteiger partial charge in [0.15, 0.2) is 0 Å². The predicted octanol–water partition coefficient (Wildman–Crippen LogP) is 5.86. The van der Waals surface area contributed by atoms with Crippen molar-refractivity contribution in [1.29, 1.82) is 0 Å². The largest absolute Gasteiger partial charge is 0.462 e. The Balaban J connectivity index is 1.48. The maximum absolute atomic E-state index is 14.9. The highest BCUT2D eigenvalue weighted by Crippen LogP contribution is 2.27. The molecule has 0 radical (unpaired) electrons. The summed E-state index contributed by atoms with van der Waals surface area (Å²) >= 11 is 0. The minimum Gasteiger partial charge on any atom is -0.462 e. The first-order valence-corrected chi connectivity index (χ1v) is 12.8. The molecule has 0 saturated heterocycles. The van der Waals surface area contributed by atoms with Gasteiger partial charge in [-0.2, -0.15) is 5.10 Å². The van der Waals surface area contributed by atoms with Crippen molar-refractivity contribution >= 4 is 23.5 Å². The summed E-state index contributed by atoms with van der Waals surface area (Å²) in [6.07, 6.45) is 1.61. The summed E-state index contributed by atoms with van der Waals surface area (Å²) in [6, 6.07) is 15.4. The number of carbonyl (C=O) groups excluding carboxylic acids is 2. The van der Waals surface area contributed by atoms with Gasteiger partial charge in [0.05, 0.1) is 34.9 Å². The summed E-state index contributed by atoms with van der Waals surface area (Å²) in [6.45, 7) is 6.54. The van der Waals surface area contributed by atoms with Crippen molar-refractivity contribution in [2.75, 3.05) is 24.3 Å². The molecule has 2 aromatic carbocycles. The van der Waals surface area contributed by atoms with Gasteiger partial charge in [-0.25, -0.2) is 18.7 Å². The van der Waals surface area contributed by atoms with E-state index in [1.54, 1.807) is 66.3 Å². The minimum atomic E-state index is -0.664. The molecular weight excluding hydrogens is 515 g/mol. The molecule has 11 heteroatoms. The zero-order valence-electron chi connectivity index (χ0n) is 22.7. The van der Waals surface area contributed by atoms with Crippen LogP contribution in [0.1, 0.15) is 48.4 Å². The second kappa shape index (κ2) is 12.9. The van der Waals surface area contributed by atoms with Crippen LogP contribution in [0.25, 0.3) is 5.69 Å². The molecule has 3 N–H and O–H groups in total. The first-order valence-electron chi connectivity index (χ1n) is 12.8. The van der Waals surface area contributed by atoms with Crippen molar-refractivity contribution in [2.24, 2.45) is 0 Å². The number of carbonyl (C=O) groups is 2. The van der Waals surface area contributed by atoms with E-state index in [1.165, 1.54) is 12.1 Å². The van der Waals surface area contributed by atoms with Crippen LogP contribution in [0.15, 0.2) is 66.9 Å². The number of hydrogen-bond donors (Lipinski definition) is 3. The topological polar surface area (TPSA) is 119 Å². The molecule has 10 nitrogen and oxygen atoms in total. The fourth-order valence-corrected chi connectivity index (χ4v) is 3.78. The van der Waals surface area contributed by atoms with Crippen LogP contribution in [-0.2, 0) is 11.3 Å². The molecule has 2 aromatic heterocycles. The average molecular weight is 547 g/mol. The summed E-state index contributed by atoms with van der Waals surface area (Å²) in [5.41, 5.74) is 2.53. The Labute approximate surface area is 231 Å². The SMILES string of the molecule is CCOC(=O)c1ccc(-n2nc(C(C)C)cc2NC(=O)Nc2ccc(Oc3ccnc(CNC)c3)cc2F)cc1. The first kappa shape index (κ1) is 28.2. The van der Waals surface area contributed by atoms with E-state index in [4.69, 9.17) is 9.47 Å². The summed E-state index contributed by atoms with van der Waals surface area (Å²) in [4.78, 5) is 29.1. The average Bonchev–Trinajstić information content (AvgIpc) is 3.35. The first-order chi connectivity index (χ1) is 19.3. The Morgan fingerprint density at radius 2 is 1.75 bits per heavy atom. The molecule has 4 rings (SSSR count). The molecule has 0 atom stereocenters. The molecule has 0 bridgehead atoms. The van der Waals surface area contributed by atoms with E-state index in [0.717, 1.165) is 11.4 Å². The number of halogens is 1. The van der Waals surface area contributed by atoms with Crippen LogP contribution in [0.5, 0.6) is 11.5 Å². The van der Waals surface area contributed by atoms with Crippen molar-refractivity contribution < 1.29 is 23.5 Å². The molecule has 40 heavy (non-hydrogen) atoms. The number of rotatable bonds is 10. The number of hydrogen-bond acceptors (Lipinski definition) is 7. The van der Waals surface area contributed by atoms with Crippen molar-refractivity contribution in [3.63, 3.8) is 0 Å². The lowest BCUT2D eigenvalue weighted by Gasteiger charge is -2.12. The molecule has 0 aliphatic heterocycles. The third kappa shape index (κ3) is 7.00. The van der Waals surface area contributed by atoms with E-state index < -0.39 is 17.8 Å². The van der Waals surface area contributed by atoms with Crippen LogP contribution < -0.4 is 20.7 Å². The number of esters is 1. The highest BCUT2D eigenvalue weighted by atomic mass is 19.1. The Kier molecular flexibility index (Phi) is 9.07. The van der Waals surface area contributed by atoms with Crippen molar-refractivity contribution in [2.45, 2.75) is 33.2 Å². The van der Waals surface area contributed by atoms with Crippen LogP contribution in [0.3, 0.4) is 0 Å². The zero-order chi connectivity index (χ0) is 28.6. The van der Waals surface area contributed by atoms with Crippen LogP contribution >= 0.6 is 0 Å². The lowest BCUT2D eigenvalue weighted by Crippen LogP contribution is -2.22. The molecule has 2 amide bonds. The molecule has 0 unspecified atom stereocenters. The quantitative estimate of drug-likeness (QED) is 0.213. The minimum absolute atomic E-state index is 0.0237. The highest BCUT2D eigenvalue weighted by molar-refractivity contribution is 5.99. The van der Waals surface area contributed by atoms with Gasteiger partial charge in [-0.05, 0) is 62.4 Å². The Morgan fingerprint density at radius 1 is 1.00 bits per heavy atom. The third-order valence-electron chi connectivity index (χ3n) is 5.75. The van der Waals surface area contributed by atoms with E-state index in [-0.39, 0.29) is 24.0 Å². The lowest BCUT2D eigenvalue weighted by molar-refractivity contribution is 0.0526. The summed E-state index contributed by atoms with van der Waals surface area (Å²) in [7, 11) is 1.81. The molecule has 2 heterocycles. The second-order valence-electron chi connectivity index (χ2n) is 9.12. The van der Waals surface area contributed by atoms with Gasteiger partial charge in [0.25, 0.3) is 0 Å². The van der Waals surface area contributed by atoms with Gasteiger partial charge >= 0.3 is 12.0 Å². The smallest absolute Gasteiger partial charge is 0.338 e. The van der Waals surface area contributed by atoms with E-state index in [2.05, 4.69) is 26.0 Å². The molecule has 0 saturated carbocycles. The van der Waals surface area contributed by atoms with Crippen molar-refractivity contribution in [1.82, 2.24) is 20.1 Å². The van der Waals surface area contributed by atoms with E-state index in [9.17, 15) is 14.0 Å². The number of aromatic nitrogens is 3. The van der Waals surface area contributed by atoms with Crippen LogP contribution in [0.2, 0.25) is 0 Å². The van der Waals surface area contributed by atoms with E-state index in [0.29, 0.717) is 29.4 Å². The molecule has 208 valence electrons. The molecule has 0 fully saturated rings. The summed E-state index contributed by atoms with van der Waals surface area (Å²) < 4.78 is 27.2. The highest BCUT2D eigenvalue weighted by Gasteiger charge is 2.17. The molecule has 0 aliphatic carbocycles.